The van der Waals surface area contributed by atoms with Gasteiger partial charge in [-0.25, -0.2) is 0 Å². The molecule has 0 aliphatic carbocycles. The second kappa shape index (κ2) is 6.70. The van der Waals surface area contributed by atoms with Crippen molar-refractivity contribution in [2.45, 2.75) is 18.3 Å². The topological polar surface area (TPSA) is 12.0 Å². The highest BCUT2D eigenvalue weighted by atomic mass is 79.9. The van der Waals surface area contributed by atoms with Crippen molar-refractivity contribution in [3.63, 3.8) is 0 Å². The largest absolute Gasteiger partial charge is 0.316 e. The highest BCUT2D eigenvalue weighted by Gasteiger charge is 2.28. The van der Waals surface area contributed by atoms with Gasteiger partial charge in [0, 0.05) is 16.9 Å². The van der Waals surface area contributed by atoms with Gasteiger partial charge in [0.05, 0.1) is 10.0 Å². The van der Waals surface area contributed by atoms with Crippen molar-refractivity contribution in [1.82, 2.24) is 5.32 Å². The molecule has 110 valence electrons. The Bertz CT molecular complexity index is 644. The minimum atomic E-state index is 0.452. The van der Waals surface area contributed by atoms with E-state index < -0.39 is 0 Å². The first kappa shape index (κ1) is 15.4. The summed E-state index contributed by atoms with van der Waals surface area (Å²) in [5.41, 5.74) is 2.63. The molecule has 0 bridgehead atoms. The molecule has 0 radical (unpaired) electrons. The zero-order valence-electron chi connectivity index (χ0n) is 11.5. The second-order valence-electron chi connectivity index (χ2n) is 5.43. The van der Waals surface area contributed by atoms with Crippen molar-refractivity contribution in [2.24, 2.45) is 0 Å². The quantitative estimate of drug-likeness (QED) is 0.708. The molecule has 4 heteroatoms. The molecule has 1 saturated heterocycles. The van der Waals surface area contributed by atoms with Crippen LogP contribution in [0.4, 0.5) is 0 Å². The first-order valence-electron chi connectivity index (χ1n) is 7.06. The summed E-state index contributed by atoms with van der Waals surface area (Å²) in [6, 6.07) is 14.6. The molecule has 0 saturated carbocycles. The SMILES string of the molecule is Clc1ccc(C2CCNCC2c2cccc(Br)c2)cc1Cl. The number of hydrogen-bond donors (Lipinski definition) is 1. The predicted octanol–water partition coefficient (Wildman–Crippen LogP) is 5.62. The van der Waals surface area contributed by atoms with E-state index in [9.17, 15) is 0 Å². The van der Waals surface area contributed by atoms with Crippen LogP contribution < -0.4 is 5.32 Å². The molecule has 1 heterocycles. The number of hydrogen-bond acceptors (Lipinski definition) is 1. The van der Waals surface area contributed by atoms with Crippen LogP contribution in [0.5, 0.6) is 0 Å². The molecule has 0 aromatic heterocycles. The van der Waals surface area contributed by atoms with Crippen LogP contribution >= 0.6 is 39.1 Å². The molecule has 3 rings (SSSR count). The minimum Gasteiger partial charge on any atom is -0.316 e. The molecule has 2 unspecified atom stereocenters. The molecule has 2 atom stereocenters. The van der Waals surface area contributed by atoms with Gasteiger partial charge in [0.1, 0.15) is 0 Å². The summed E-state index contributed by atoms with van der Waals surface area (Å²) < 4.78 is 1.12. The van der Waals surface area contributed by atoms with Crippen molar-refractivity contribution in [1.29, 1.82) is 0 Å². The molecule has 2 aromatic rings. The van der Waals surface area contributed by atoms with Crippen LogP contribution in [0.2, 0.25) is 10.0 Å². The Labute approximate surface area is 143 Å². The normalized spacial score (nSPS) is 22.2. The molecule has 21 heavy (non-hydrogen) atoms. The van der Waals surface area contributed by atoms with Gasteiger partial charge in [-0.15, -0.1) is 0 Å². The average molecular weight is 385 g/mol. The maximum absolute atomic E-state index is 6.20. The lowest BCUT2D eigenvalue weighted by Crippen LogP contribution is -2.34. The van der Waals surface area contributed by atoms with E-state index in [1.54, 1.807) is 0 Å². The lowest BCUT2D eigenvalue weighted by Gasteiger charge is -2.33. The van der Waals surface area contributed by atoms with E-state index in [2.05, 4.69) is 51.6 Å². The van der Waals surface area contributed by atoms with Gasteiger partial charge >= 0.3 is 0 Å². The molecule has 0 spiro atoms. The number of halogens is 3. The number of nitrogens with one attached hydrogen (secondary N) is 1. The summed E-state index contributed by atoms with van der Waals surface area (Å²) in [5, 5.41) is 4.76. The Morgan fingerprint density at radius 2 is 1.76 bits per heavy atom. The minimum absolute atomic E-state index is 0.452. The summed E-state index contributed by atoms with van der Waals surface area (Å²) in [6.07, 6.45) is 1.11. The van der Waals surface area contributed by atoms with E-state index in [0.29, 0.717) is 21.9 Å². The summed E-state index contributed by atoms with van der Waals surface area (Å²) in [7, 11) is 0. The summed E-state index contributed by atoms with van der Waals surface area (Å²) in [4.78, 5) is 0. The third kappa shape index (κ3) is 3.45. The molecule has 1 aliphatic heterocycles. The Balaban J connectivity index is 1.96. The van der Waals surface area contributed by atoms with E-state index in [1.807, 2.05) is 12.1 Å². The Kier molecular flexibility index (Phi) is 4.90. The molecule has 1 N–H and O–H groups in total. The first-order valence-corrected chi connectivity index (χ1v) is 8.61. The third-order valence-corrected chi connectivity index (χ3v) is 5.36. The highest BCUT2D eigenvalue weighted by molar-refractivity contribution is 9.10. The van der Waals surface area contributed by atoms with Gasteiger partial charge in [0.2, 0.25) is 0 Å². The van der Waals surface area contributed by atoms with Gasteiger partial charge in [-0.05, 0) is 54.3 Å². The van der Waals surface area contributed by atoms with E-state index in [0.717, 1.165) is 24.0 Å². The molecule has 0 amide bonds. The Hall–Kier alpha value is -0.540. The van der Waals surface area contributed by atoms with Crippen LogP contribution in [-0.2, 0) is 0 Å². The van der Waals surface area contributed by atoms with Crippen LogP contribution in [0.3, 0.4) is 0 Å². The molecule has 1 fully saturated rings. The van der Waals surface area contributed by atoms with E-state index >= 15 is 0 Å². The predicted molar refractivity (Wildman–Crippen MR) is 93.6 cm³/mol. The molecular formula is C17H16BrCl2N. The van der Waals surface area contributed by atoms with Gasteiger partial charge in [-0.1, -0.05) is 57.3 Å². The fourth-order valence-corrected chi connectivity index (χ4v) is 3.81. The molecular weight excluding hydrogens is 369 g/mol. The van der Waals surface area contributed by atoms with Gasteiger partial charge in [0.15, 0.2) is 0 Å². The Morgan fingerprint density at radius 3 is 2.52 bits per heavy atom. The van der Waals surface area contributed by atoms with Crippen LogP contribution in [0.1, 0.15) is 29.4 Å². The van der Waals surface area contributed by atoms with Crippen molar-refractivity contribution in [3.05, 3.63) is 68.1 Å². The lowest BCUT2D eigenvalue weighted by molar-refractivity contribution is 0.404. The van der Waals surface area contributed by atoms with Crippen LogP contribution in [0.25, 0.3) is 0 Å². The van der Waals surface area contributed by atoms with E-state index in [1.165, 1.54) is 11.1 Å². The summed E-state index contributed by atoms with van der Waals surface area (Å²) in [6.45, 7) is 2.02. The van der Waals surface area contributed by atoms with Gasteiger partial charge in [0.25, 0.3) is 0 Å². The lowest BCUT2D eigenvalue weighted by atomic mass is 9.77. The van der Waals surface area contributed by atoms with Crippen molar-refractivity contribution in [3.8, 4) is 0 Å². The van der Waals surface area contributed by atoms with Crippen LogP contribution in [0, 0.1) is 0 Å². The standard InChI is InChI=1S/C17H16BrCl2N/c18-13-3-1-2-11(8-13)15-10-21-7-6-14(15)12-4-5-16(19)17(20)9-12/h1-5,8-9,14-15,21H,6-7,10H2. The summed E-state index contributed by atoms with van der Waals surface area (Å²) in [5.74, 6) is 0.920. The van der Waals surface area contributed by atoms with Crippen LogP contribution in [0.15, 0.2) is 46.9 Å². The van der Waals surface area contributed by atoms with Crippen molar-refractivity contribution in [2.75, 3.05) is 13.1 Å². The molecule has 1 nitrogen and oxygen atoms in total. The highest BCUT2D eigenvalue weighted by Crippen LogP contribution is 2.39. The molecule has 1 aliphatic rings. The Morgan fingerprint density at radius 1 is 0.952 bits per heavy atom. The second-order valence-corrected chi connectivity index (χ2v) is 7.16. The maximum atomic E-state index is 6.20. The zero-order valence-corrected chi connectivity index (χ0v) is 14.5. The monoisotopic (exact) mass is 383 g/mol. The smallest absolute Gasteiger partial charge is 0.0595 e. The van der Waals surface area contributed by atoms with Crippen molar-refractivity contribution >= 4 is 39.1 Å². The van der Waals surface area contributed by atoms with E-state index in [4.69, 9.17) is 23.2 Å². The fraction of sp³-hybridized carbons (Fsp3) is 0.294. The van der Waals surface area contributed by atoms with Gasteiger partial charge in [-0.2, -0.15) is 0 Å². The number of piperidine rings is 1. The van der Waals surface area contributed by atoms with E-state index in [-0.39, 0.29) is 0 Å². The zero-order chi connectivity index (χ0) is 14.8. The number of rotatable bonds is 2. The fourth-order valence-electron chi connectivity index (χ4n) is 3.09. The average Bonchev–Trinajstić information content (AvgIpc) is 2.50. The van der Waals surface area contributed by atoms with Crippen LogP contribution in [-0.4, -0.2) is 13.1 Å². The maximum Gasteiger partial charge on any atom is 0.0595 e. The first-order chi connectivity index (χ1) is 10.1. The van der Waals surface area contributed by atoms with Gasteiger partial charge < -0.3 is 5.32 Å². The van der Waals surface area contributed by atoms with Gasteiger partial charge in [-0.3, -0.25) is 0 Å². The summed E-state index contributed by atoms with van der Waals surface area (Å²) >= 11 is 15.8. The van der Waals surface area contributed by atoms with Crippen molar-refractivity contribution < 1.29 is 0 Å². The third-order valence-electron chi connectivity index (χ3n) is 4.13. The number of benzene rings is 2. The molecule has 2 aromatic carbocycles.